The topological polar surface area (TPSA) is 55.1 Å². The van der Waals surface area contributed by atoms with Gasteiger partial charge in [-0.3, -0.25) is 4.68 Å². The number of aromatic nitrogens is 2. The van der Waals surface area contributed by atoms with Crippen LogP contribution in [-0.4, -0.2) is 20.9 Å². The molecule has 1 aromatic heterocycles. The van der Waals surface area contributed by atoms with Gasteiger partial charge in [0.25, 0.3) is 0 Å². The summed E-state index contributed by atoms with van der Waals surface area (Å²) in [6, 6.07) is 8.12. The zero-order valence-electron chi connectivity index (χ0n) is 12.2. The van der Waals surface area contributed by atoms with Crippen molar-refractivity contribution in [1.29, 1.82) is 0 Å². The molecule has 0 saturated heterocycles. The van der Waals surface area contributed by atoms with E-state index in [-0.39, 0.29) is 0 Å². The quantitative estimate of drug-likeness (QED) is 0.910. The van der Waals surface area contributed by atoms with Crippen LogP contribution in [0.3, 0.4) is 0 Å². The third-order valence-electron chi connectivity index (χ3n) is 3.60. The first-order valence-corrected chi connectivity index (χ1v) is 6.94. The van der Waals surface area contributed by atoms with Crippen molar-refractivity contribution in [3.63, 3.8) is 0 Å². The molecule has 106 valence electrons. The van der Waals surface area contributed by atoms with E-state index in [1.54, 1.807) is 0 Å². The highest BCUT2D eigenvalue weighted by Gasteiger charge is 2.21. The van der Waals surface area contributed by atoms with Crippen molar-refractivity contribution in [2.24, 2.45) is 0 Å². The summed E-state index contributed by atoms with van der Waals surface area (Å²) in [5.41, 5.74) is 4.22. The van der Waals surface area contributed by atoms with Crippen LogP contribution >= 0.6 is 0 Å². The van der Waals surface area contributed by atoms with Gasteiger partial charge in [0.2, 0.25) is 0 Å². The second-order valence-corrected chi connectivity index (χ2v) is 4.86. The molecule has 2 aromatic rings. The van der Waals surface area contributed by atoms with E-state index in [9.17, 15) is 9.90 Å². The van der Waals surface area contributed by atoms with Crippen LogP contribution in [0.5, 0.6) is 0 Å². The maximum Gasteiger partial charge on any atom is 0.339 e. The third-order valence-corrected chi connectivity index (χ3v) is 3.60. The Balaban J connectivity index is 2.47. The molecule has 0 aliphatic heterocycles. The SMILES string of the molecule is CCc1nn(Cc2ccccc2C)c(CC)c1C(=O)O. The van der Waals surface area contributed by atoms with Crippen LogP contribution in [-0.2, 0) is 19.4 Å². The predicted molar refractivity (Wildman–Crippen MR) is 78.2 cm³/mol. The van der Waals surface area contributed by atoms with Gasteiger partial charge in [-0.1, -0.05) is 38.1 Å². The van der Waals surface area contributed by atoms with Gasteiger partial charge < -0.3 is 5.11 Å². The zero-order chi connectivity index (χ0) is 14.7. The molecule has 4 nitrogen and oxygen atoms in total. The minimum atomic E-state index is -0.880. The van der Waals surface area contributed by atoms with Crippen LogP contribution in [0.25, 0.3) is 0 Å². The molecule has 1 heterocycles. The third kappa shape index (κ3) is 2.59. The van der Waals surface area contributed by atoms with E-state index >= 15 is 0 Å². The van der Waals surface area contributed by atoms with Gasteiger partial charge in [-0.05, 0) is 30.9 Å². The molecule has 0 aliphatic rings. The molecular weight excluding hydrogens is 252 g/mol. The van der Waals surface area contributed by atoms with E-state index in [1.165, 1.54) is 11.1 Å². The van der Waals surface area contributed by atoms with E-state index in [4.69, 9.17) is 0 Å². The largest absolute Gasteiger partial charge is 0.478 e. The smallest absolute Gasteiger partial charge is 0.339 e. The van der Waals surface area contributed by atoms with Gasteiger partial charge in [-0.2, -0.15) is 5.10 Å². The number of benzene rings is 1. The van der Waals surface area contributed by atoms with Gasteiger partial charge in [0.05, 0.1) is 17.9 Å². The lowest BCUT2D eigenvalue weighted by atomic mass is 10.1. The number of carboxylic acids is 1. The normalized spacial score (nSPS) is 10.8. The Kier molecular flexibility index (Phi) is 4.23. The van der Waals surface area contributed by atoms with Gasteiger partial charge in [0.15, 0.2) is 0 Å². The summed E-state index contributed by atoms with van der Waals surface area (Å²) in [5, 5.41) is 13.9. The molecule has 0 fully saturated rings. The molecule has 1 N–H and O–H groups in total. The first-order chi connectivity index (χ1) is 9.58. The average molecular weight is 272 g/mol. The highest BCUT2D eigenvalue weighted by molar-refractivity contribution is 5.90. The second kappa shape index (κ2) is 5.90. The molecule has 0 unspecified atom stereocenters. The van der Waals surface area contributed by atoms with Crippen LogP contribution in [0, 0.1) is 6.92 Å². The first kappa shape index (κ1) is 14.3. The number of carboxylic acid groups (broad SMARTS) is 1. The Labute approximate surface area is 119 Å². The predicted octanol–water partition coefficient (Wildman–Crippen LogP) is 3.06. The molecule has 20 heavy (non-hydrogen) atoms. The number of rotatable bonds is 5. The zero-order valence-corrected chi connectivity index (χ0v) is 12.2. The second-order valence-electron chi connectivity index (χ2n) is 4.86. The highest BCUT2D eigenvalue weighted by atomic mass is 16.4. The van der Waals surface area contributed by atoms with Crippen molar-refractivity contribution < 1.29 is 9.90 Å². The van der Waals surface area contributed by atoms with Crippen molar-refractivity contribution in [3.8, 4) is 0 Å². The van der Waals surface area contributed by atoms with Crippen molar-refractivity contribution in [2.45, 2.75) is 40.2 Å². The molecule has 0 amide bonds. The number of nitrogens with zero attached hydrogens (tertiary/aromatic N) is 2. The van der Waals surface area contributed by atoms with Gasteiger partial charge in [-0.25, -0.2) is 4.79 Å². The molecule has 0 spiro atoms. The summed E-state index contributed by atoms with van der Waals surface area (Å²) < 4.78 is 1.84. The molecule has 1 aromatic carbocycles. The summed E-state index contributed by atoms with van der Waals surface area (Å²) in [4.78, 5) is 11.4. The fraction of sp³-hybridized carbons (Fsp3) is 0.375. The van der Waals surface area contributed by atoms with Crippen LogP contribution in [0.2, 0.25) is 0 Å². The van der Waals surface area contributed by atoms with Gasteiger partial charge in [0.1, 0.15) is 5.56 Å². The van der Waals surface area contributed by atoms with Gasteiger partial charge in [0, 0.05) is 0 Å². The van der Waals surface area contributed by atoms with Crippen molar-refractivity contribution in [3.05, 3.63) is 52.3 Å². The molecule has 0 aliphatic carbocycles. The van der Waals surface area contributed by atoms with Gasteiger partial charge in [-0.15, -0.1) is 0 Å². The van der Waals surface area contributed by atoms with Crippen LogP contribution in [0.1, 0.15) is 46.7 Å². The fourth-order valence-corrected chi connectivity index (χ4v) is 2.48. The standard InChI is InChI=1S/C16H20N2O2/c1-4-13-15(16(19)20)14(5-2)18(17-13)10-12-9-7-6-8-11(12)3/h6-9H,4-5,10H2,1-3H3,(H,19,20). The van der Waals surface area contributed by atoms with E-state index in [0.717, 1.165) is 5.69 Å². The number of carbonyl (C=O) groups is 1. The average Bonchev–Trinajstić information content (AvgIpc) is 2.79. The first-order valence-electron chi connectivity index (χ1n) is 6.94. The van der Waals surface area contributed by atoms with Crippen LogP contribution in [0.15, 0.2) is 24.3 Å². The Hall–Kier alpha value is -2.10. The Morgan fingerprint density at radius 1 is 1.25 bits per heavy atom. The molecular formula is C16H20N2O2. The summed E-state index contributed by atoms with van der Waals surface area (Å²) in [7, 11) is 0. The number of aryl methyl sites for hydroxylation is 2. The lowest BCUT2D eigenvalue weighted by Gasteiger charge is -2.09. The summed E-state index contributed by atoms with van der Waals surface area (Å²) in [5.74, 6) is -0.880. The van der Waals surface area contributed by atoms with E-state index in [0.29, 0.717) is 30.6 Å². The lowest BCUT2D eigenvalue weighted by Crippen LogP contribution is -2.09. The Morgan fingerprint density at radius 2 is 1.95 bits per heavy atom. The minimum absolute atomic E-state index is 0.378. The monoisotopic (exact) mass is 272 g/mol. The Bertz CT molecular complexity index is 629. The van der Waals surface area contributed by atoms with Crippen molar-refractivity contribution >= 4 is 5.97 Å². The molecule has 0 saturated carbocycles. The number of hydrogen-bond acceptors (Lipinski definition) is 2. The molecule has 0 atom stereocenters. The van der Waals surface area contributed by atoms with Crippen LogP contribution in [0.4, 0.5) is 0 Å². The van der Waals surface area contributed by atoms with E-state index < -0.39 is 5.97 Å². The summed E-state index contributed by atoms with van der Waals surface area (Å²) in [6.45, 7) is 6.59. The van der Waals surface area contributed by atoms with Crippen molar-refractivity contribution in [1.82, 2.24) is 9.78 Å². The molecule has 0 radical (unpaired) electrons. The van der Waals surface area contributed by atoms with Crippen molar-refractivity contribution in [2.75, 3.05) is 0 Å². The van der Waals surface area contributed by atoms with Gasteiger partial charge >= 0.3 is 5.97 Å². The summed E-state index contributed by atoms with van der Waals surface area (Å²) in [6.07, 6.45) is 1.30. The highest BCUT2D eigenvalue weighted by Crippen LogP contribution is 2.18. The minimum Gasteiger partial charge on any atom is -0.478 e. The Morgan fingerprint density at radius 3 is 2.50 bits per heavy atom. The lowest BCUT2D eigenvalue weighted by molar-refractivity contribution is 0.0694. The molecule has 2 rings (SSSR count). The van der Waals surface area contributed by atoms with E-state index in [1.807, 2.05) is 30.7 Å². The maximum absolute atomic E-state index is 11.4. The summed E-state index contributed by atoms with van der Waals surface area (Å²) >= 11 is 0. The van der Waals surface area contributed by atoms with Crippen LogP contribution < -0.4 is 0 Å². The number of aromatic carboxylic acids is 1. The van der Waals surface area contributed by atoms with E-state index in [2.05, 4.69) is 24.2 Å². The molecule has 4 heteroatoms. The molecule has 0 bridgehead atoms. The maximum atomic E-state index is 11.4. The fourth-order valence-electron chi connectivity index (χ4n) is 2.48. The number of hydrogen-bond donors (Lipinski definition) is 1.